The Labute approximate surface area is 363 Å². The van der Waals surface area contributed by atoms with Gasteiger partial charge in [-0.25, -0.2) is 9.97 Å². The summed E-state index contributed by atoms with van der Waals surface area (Å²) in [5, 5.41) is 46.2. The molecule has 0 bridgehead atoms. The van der Waals surface area contributed by atoms with Crippen molar-refractivity contribution < 1.29 is 65.7 Å². The summed E-state index contributed by atoms with van der Waals surface area (Å²) < 4.78 is 0. The van der Waals surface area contributed by atoms with Crippen LogP contribution in [0.3, 0.4) is 0 Å². The van der Waals surface area contributed by atoms with E-state index in [1.165, 1.54) is 11.1 Å². The van der Waals surface area contributed by atoms with Gasteiger partial charge in [0.25, 0.3) is 11.8 Å². The average molecular weight is 946 g/mol. The third-order valence-corrected chi connectivity index (χ3v) is 7.39. The third-order valence-electron chi connectivity index (χ3n) is 7.39. The summed E-state index contributed by atoms with van der Waals surface area (Å²) in [5.74, 6) is -0.351. The number of pyridine rings is 2. The number of nitrogens with zero attached hydrogens (tertiary/aromatic N) is 7. The van der Waals surface area contributed by atoms with E-state index < -0.39 is 15.3 Å². The topological polar surface area (TPSA) is 265 Å². The number of anilines is 2. The molecule has 0 aliphatic heterocycles. The van der Waals surface area contributed by atoms with Crippen molar-refractivity contribution in [1.29, 1.82) is 0 Å². The molecule has 3 aromatic carbocycles. The van der Waals surface area contributed by atoms with Crippen molar-refractivity contribution in [2.75, 3.05) is 28.2 Å². The fourth-order valence-electron chi connectivity index (χ4n) is 4.99. The minimum Gasteiger partial charge on any atom is -0.356 e. The maximum Gasteiger partial charge on any atom is 3.00 e. The van der Waals surface area contributed by atoms with Crippen LogP contribution in [-0.4, -0.2) is 55.5 Å². The molecule has 0 atom stereocenters. The zero-order chi connectivity index (χ0) is 41.7. The van der Waals surface area contributed by atoms with Crippen LogP contribution in [0.2, 0.25) is 0 Å². The summed E-state index contributed by atoms with van der Waals surface area (Å²) in [6, 6.07) is 27.3. The first-order chi connectivity index (χ1) is 26.1. The number of hydrogen-bond acceptors (Lipinski definition) is 13. The Morgan fingerprint density at radius 1 is 0.536 bits per heavy atom. The SMILES string of the molecule is CCc1ccc(N(CC)C(=O)c2ccc3ccc4ccc(C(=O)N(CC)c5ccc(CC)cc5)nc4c3n2)cc1.ClCCl.O=[N+]([O-])[O-].O=[N+]([O-])[O-].O=[N+]([O-])[O-].[Nd+3]. The van der Waals surface area contributed by atoms with Gasteiger partial charge in [0.05, 0.1) is 31.6 Å². The number of aryl methyl sites for hydroxylation is 2. The number of hydrogen-bond donors (Lipinski definition) is 0. The molecule has 0 saturated carbocycles. The van der Waals surface area contributed by atoms with E-state index in [4.69, 9.17) is 79.1 Å². The fourth-order valence-corrected chi connectivity index (χ4v) is 4.99. The van der Waals surface area contributed by atoms with Crippen LogP contribution in [0, 0.1) is 86.8 Å². The van der Waals surface area contributed by atoms with Crippen LogP contribution in [0.1, 0.15) is 59.8 Å². The molecular formula is C35H36Cl2N7NdO11. The molecule has 56 heavy (non-hydrogen) atoms. The number of alkyl halides is 2. The van der Waals surface area contributed by atoms with Gasteiger partial charge in [-0.05, 0) is 74.2 Å². The van der Waals surface area contributed by atoms with E-state index in [-0.39, 0.29) is 58.0 Å². The molecule has 21 heteroatoms. The summed E-state index contributed by atoms with van der Waals surface area (Å²) in [7, 11) is 0. The van der Waals surface area contributed by atoms with Crippen molar-refractivity contribution in [3.8, 4) is 0 Å². The van der Waals surface area contributed by atoms with Crippen molar-refractivity contribution in [2.24, 2.45) is 0 Å². The quantitative estimate of drug-likeness (QED) is 0.0619. The van der Waals surface area contributed by atoms with Gasteiger partial charge in [0.15, 0.2) is 0 Å². The Balaban J connectivity index is 0.00000163. The van der Waals surface area contributed by atoms with E-state index >= 15 is 0 Å². The smallest absolute Gasteiger partial charge is 0.356 e. The van der Waals surface area contributed by atoms with Crippen molar-refractivity contribution in [3.63, 3.8) is 0 Å². The largest absolute Gasteiger partial charge is 3.00 e. The van der Waals surface area contributed by atoms with E-state index in [0.29, 0.717) is 35.5 Å². The van der Waals surface area contributed by atoms with Crippen LogP contribution in [-0.2, 0) is 12.8 Å². The Bertz CT molecular complexity index is 1880. The van der Waals surface area contributed by atoms with Crippen molar-refractivity contribution in [2.45, 2.75) is 40.5 Å². The molecule has 0 aliphatic rings. The van der Waals surface area contributed by atoms with Crippen molar-refractivity contribution in [1.82, 2.24) is 9.97 Å². The summed E-state index contributed by atoms with van der Waals surface area (Å²) in [6.07, 6.45) is 1.89. The minimum absolute atomic E-state index is 0. The molecule has 5 rings (SSSR count). The molecule has 2 aromatic heterocycles. The first kappa shape index (κ1) is 51.0. The standard InChI is InChI=1S/C34H34N4O2.CH2Cl2.3NO3.Nd/c1-5-23-9-17-27(18-10-23)37(7-3)33(39)29-21-15-25-13-14-26-16-22-30(36-32(26)31(25)35-29)34(40)38(8-4)28-19-11-24(6-2)12-20-28;2-1-3;3*2-1(3)4;/h9-22H,5-8H2,1-4H3;1H2;;;;/q;;3*-1;+3. The molecule has 295 valence electrons. The van der Waals surface area contributed by atoms with Gasteiger partial charge in [-0.15, -0.1) is 23.2 Å². The number of aromatic nitrogens is 2. The Morgan fingerprint density at radius 2 is 0.786 bits per heavy atom. The summed E-state index contributed by atoms with van der Waals surface area (Å²) in [4.78, 5) is 65.0. The number of halogens is 2. The van der Waals surface area contributed by atoms with Crippen molar-refractivity contribution in [3.05, 3.63) is 153 Å². The van der Waals surface area contributed by atoms with Crippen molar-refractivity contribution >= 4 is 68.2 Å². The maximum absolute atomic E-state index is 13.6. The molecule has 0 saturated heterocycles. The number of amides is 2. The number of rotatable bonds is 8. The van der Waals surface area contributed by atoms with Gasteiger partial charge in [0.2, 0.25) is 0 Å². The molecule has 2 amide bonds. The molecule has 0 aliphatic carbocycles. The second kappa shape index (κ2) is 26.7. The van der Waals surface area contributed by atoms with Gasteiger partial charge < -0.3 is 55.8 Å². The van der Waals surface area contributed by atoms with E-state index in [2.05, 4.69) is 13.8 Å². The van der Waals surface area contributed by atoms with E-state index in [0.717, 1.165) is 35.0 Å². The van der Waals surface area contributed by atoms with Gasteiger partial charge in [-0.1, -0.05) is 62.4 Å². The number of carbonyl (C=O) groups is 2. The zero-order valence-electron chi connectivity index (χ0n) is 30.5. The Hall–Kier alpha value is -5.05. The molecular weight excluding hydrogens is 910 g/mol. The van der Waals surface area contributed by atoms with Crippen LogP contribution in [0.25, 0.3) is 21.8 Å². The van der Waals surface area contributed by atoms with Gasteiger partial charge in [0.1, 0.15) is 11.4 Å². The zero-order valence-corrected chi connectivity index (χ0v) is 35.2. The average Bonchev–Trinajstić information content (AvgIpc) is 3.15. The van der Waals surface area contributed by atoms with Crippen LogP contribution in [0.15, 0.2) is 84.9 Å². The molecule has 0 spiro atoms. The summed E-state index contributed by atoms with van der Waals surface area (Å²) in [6.45, 7) is 9.16. The van der Waals surface area contributed by atoms with E-state index in [1.54, 1.807) is 21.9 Å². The monoisotopic (exact) mass is 942 g/mol. The van der Waals surface area contributed by atoms with E-state index in [9.17, 15) is 9.59 Å². The summed E-state index contributed by atoms with van der Waals surface area (Å²) in [5.41, 5.74) is 6.00. The third kappa shape index (κ3) is 16.8. The molecule has 0 unspecified atom stereocenters. The molecule has 2 heterocycles. The van der Waals surface area contributed by atoms with Crippen LogP contribution in [0.5, 0.6) is 0 Å². The van der Waals surface area contributed by atoms with Crippen LogP contribution >= 0.6 is 23.2 Å². The first-order valence-corrected chi connectivity index (χ1v) is 17.2. The molecule has 0 N–H and O–H groups in total. The molecule has 18 nitrogen and oxygen atoms in total. The second-order valence-electron chi connectivity index (χ2n) is 10.5. The predicted octanol–water partition coefficient (Wildman–Crippen LogP) is 7.95. The minimum atomic E-state index is -1.75. The first-order valence-electron chi connectivity index (χ1n) is 16.2. The second-order valence-corrected chi connectivity index (χ2v) is 11.3. The molecule has 1 radical (unpaired) electrons. The van der Waals surface area contributed by atoms with Crippen LogP contribution < -0.4 is 9.80 Å². The van der Waals surface area contributed by atoms with Gasteiger partial charge in [-0.2, -0.15) is 0 Å². The number of carbonyl (C=O) groups excluding carboxylic acids is 2. The molecule has 5 aromatic rings. The summed E-state index contributed by atoms with van der Waals surface area (Å²) >= 11 is 9.53. The normalized spacial score (nSPS) is 9.54. The Morgan fingerprint density at radius 3 is 1.02 bits per heavy atom. The molecule has 0 fully saturated rings. The number of benzene rings is 3. The van der Waals surface area contributed by atoms with E-state index in [1.807, 2.05) is 86.6 Å². The van der Waals surface area contributed by atoms with Gasteiger partial charge in [0, 0.05) is 35.2 Å². The maximum atomic E-state index is 13.6. The van der Waals surface area contributed by atoms with Gasteiger partial charge >= 0.3 is 40.8 Å². The Kier molecular flexibility index (Phi) is 24.3. The van der Waals surface area contributed by atoms with Crippen LogP contribution in [0.4, 0.5) is 11.4 Å². The number of fused-ring (bicyclic) bond motifs is 3. The van der Waals surface area contributed by atoms with Gasteiger partial charge in [-0.3, -0.25) is 9.59 Å². The predicted molar refractivity (Wildman–Crippen MR) is 211 cm³/mol. The fraction of sp³-hybridized carbons (Fsp3) is 0.257.